The lowest BCUT2D eigenvalue weighted by Gasteiger charge is -2.27. The Bertz CT molecular complexity index is 274. The maximum Gasteiger partial charge on any atom is 0.323 e. The average Bonchev–Trinajstić information content (AvgIpc) is 2.84. The number of nitrogens with zero attached hydrogens (tertiary/aromatic N) is 1. The Balaban J connectivity index is 2.42. The van der Waals surface area contributed by atoms with Gasteiger partial charge in [-0.05, 0) is 19.3 Å². The summed E-state index contributed by atoms with van der Waals surface area (Å²) in [6.45, 7) is 2.86. The Morgan fingerprint density at radius 2 is 1.94 bits per heavy atom. The summed E-state index contributed by atoms with van der Waals surface area (Å²) in [6, 6.07) is 0.111. The summed E-state index contributed by atoms with van der Waals surface area (Å²) < 4.78 is 5.28. The van der Waals surface area contributed by atoms with Crippen LogP contribution in [-0.2, 0) is 14.3 Å². The third kappa shape index (κ3) is 5.04. The smallest absolute Gasteiger partial charge is 0.323 e. The van der Waals surface area contributed by atoms with E-state index in [9.17, 15) is 9.59 Å². The van der Waals surface area contributed by atoms with Crippen LogP contribution in [0.4, 0.5) is 0 Å². The highest BCUT2D eigenvalue weighted by Crippen LogP contribution is 2.23. The van der Waals surface area contributed by atoms with E-state index >= 15 is 0 Å². The molecule has 1 rings (SSSR count). The van der Waals surface area contributed by atoms with Gasteiger partial charge in [0, 0.05) is 12.6 Å². The second kappa shape index (κ2) is 8.08. The fourth-order valence-electron chi connectivity index (χ4n) is 2.33. The van der Waals surface area contributed by atoms with E-state index in [2.05, 4.69) is 0 Å². The minimum atomic E-state index is -0.940. The summed E-state index contributed by atoms with van der Waals surface area (Å²) in [5.41, 5.74) is 0. The predicted octanol–water partition coefficient (Wildman–Crippen LogP) is 1.66. The van der Waals surface area contributed by atoms with E-state index < -0.39 is 5.97 Å². The van der Waals surface area contributed by atoms with Crippen molar-refractivity contribution in [2.45, 2.75) is 51.5 Å². The second-order valence-electron chi connectivity index (χ2n) is 4.72. The Morgan fingerprint density at radius 1 is 1.28 bits per heavy atom. The first-order valence-electron chi connectivity index (χ1n) is 6.74. The van der Waals surface area contributed by atoms with Crippen molar-refractivity contribution < 1.29 is 19.4 Å². The first-order chi connectivity index (χ1) is 8.65. The van der Waals surface area contributed by atoms with E-state index in [0.717, 1.165) is 32.1 Å². The highest BCUT2D eigenvalue weighted by molar-refractivity contribution is 5.81. The quantitative estimate of drug-likeness (QED) is 0.671. The number of aliphatic carboxylic acids is 1. The molecule has 1 aliphatic carbocycles. The van der Waals surface area contributed by atoms with Gasteiger partial charge >= 0.3 is 5.97 Å². The maximum absolute atomic E-state index is 12.0. The van der Waals surface area contributed by atoms with Crippen molar-refractivity contribution in [3.8, 4) is 0 Å². The Hall–Kier alpha value is -1.10. The van der Waals surface area contributed by atoms with Crippen LogP contribution in [-0.4, -0.2) is 47.7 Å². The van der Waals surface area contributed by atoms with Gasteiger partial charge < -0.3 is 14.7 Å². The molecular formula is C13H23NO4. The summed E-state index contributed by atoms with van der Waals surface area (Å²) >= 11 is 0. The van der Waals surface area contributed by atoms with E-state index in [1.807, 2.05) is 6.92 Å². The monoisotopic (exact) mass is 257 g/mol. The zero-order valence-corrected chi connectivity index (χ0v) is 11.1. The Morgan fingerprint density at radius 3 is 2.50 bits per heavy atom. The van der Waals surface area contributed by atoms with Crippen LogP contribution in [0, 0.1) is 0 Å². The molecule has 0 heterocycles. The van der Waals surface area contributed by atoms with Crippen LogP contribution in [0.1, 0.15) is 45.4 Å². The molecule has 0 saturated heterocycles. The van der Waals surface area contributed by atoms with Gasteiger partial charge in [-0.1, -0.05) is 19.8 Å². The van der Waals surface area contributed by atoms with E-state index in [4.69, 9.17) is 9.84 Å². The van der Waals surface area contributed by atoms with Gasteiger partial charge in [0.1, 0.15) is 6.54 Å². The molecule has 0 spiro atoms. The first-order valence-corrected chi connectivity index (χ1v) is 6.74. The Labute approximate surface area is 108 Å². The topological polar surface area (TPSA) is 66.8 Å². The summed E-state index contributed by atoms with van der Waals surface area (Å²) in [5.74, 6) is -1.04. The molecule has 0 bridgehead atoms. The molecule has 0 aromatic rings. The first kappa shape index (κ1) is 15.0. The summed E-state index contributed by atoms with van der Waals surface area (Å²) in [6.07, 6.45) is 5.23. The molecule has 0 aliphatic heterocycles. The number of carboxylic acid groups (broad SMARTS) is 1. The van der Waals surface area contributed by atoms with E-state index in [1.54, 1.807) is 0 Å². The number of hydrogen-bond acceptors (Lipinski definition) is 3. The van der Waals surface area contributed by atoms with Crippen LogP contribution in [0.2, 0.25) is 0 Å². The number of hydrogen-bond donors (Lipinski definition) is 1. The van der Waals surface area contributed by atoms with Gasteiger partial charge in [-0.3, -0.25) is 9.59 Å². The second-order valence-corrected chi connectivity index (χ2v) is 4.72. The normalized spacial score (nSPS) is 15.8. The molecule has 104 valence electrons. The fraction of sp³-hybridized carbons (Fsp3) is 0.846. The number of carbonyl (C=O) groups is 2. The van der Waals surface area contributed by atoms with Gasteiger partial charge in [-0.25, -0.2) is 0 Å². The van der Waals surface area contributed by atoms with Crippen LogP contribution in [0.3, 0.4) is 0 Å². The average molecular weight is 257 g/mol. The van der Waals surface area contributed by atoms with Gasteiger partial charge in [0.05, 0.1) is 13.0 Å². The lowest BCUT2D eigenvalue weighted by atomic mass is 10.2. The molecule has 0 atom stereocenters. The molecular weight excluding hydrogens is 234 g/mol. The third-order valence-electron chi connectivity index (χ3n) is 3.20. The van der Waals surface area contributed by atoms with Gasteiger partial charge in [-0.2, -0.15) is 0 Å². The lowest BCUT2D eigenvalue weighted by Crippen LogP contribution is -2.42. The molecule has 0 radical (unpaired) electrons. The van der Waals surface area contributed by atoms with Crippen molar-refractivity contribution in [3.63, 3.8) is 0 Å². The van der Waals surface area contributed by atoms with Crippen LogP contribution >= 0.6 is 0 Å². The number of rotatable bonds is 8. The van der Waals surface area contributed by atoms with E-state index in [-0.39, 0.29) is 24.9 Å². The lowest BCUT2D eigenvalue weighted by molar-refractivity contribution is -0.146. The van der Waals surface area contributed by atoms with E-state index in [0.29, 0.717) is 13.2 Å². The zero-order chi connectivity index (χ0) is 13.4. The van der Waals surface area contributed by atoms with Crippen molar-refractivity contribution in [1.29, 1.82) is 0 Å². The number of carboxylic acids is 1. The number of amides is 1. The van der Waals surface area contributed by atoms with Crippen molar-refractivity contribution in [3.05, 3.63) is 0 Å². The van der Waals surface area contributed by atoms with Crippen molar-refractivity contribution in [2.75, 3.05) is 19.8 Å². The molecule has 5 nitrogen and oxygen atoms in total. The highest BCUT2D eigenvalue weighted by Gasteiger charge is 2.27. The molecule has 0 unspecified atom stereocenters. The van der Waals surface area contributed by atoms with Crippen LogP contribution in [0.25, 0.3) is 0 Å². The molecule has 1 N–H and O–H groups in total. The molecule has 1 saturated carbocycles. The van der Waals surface area contributed by atoms with E-state index in [1.165, 1.54) is 4.90 Å². The number of carbonyl (C=O) groups excluding carboxylic acids is 1. The largest absolute Gasteiger partial charge is 0.480 e. The standard InChI is InChI=1S/C13H23NO4/c1-2-8-18-9-7-12(15)14(10-13(16)17)11-5-3-4-6-11/h11H,2-10H2,1H3,(H,16,17). The van der Waals surface area contributed by atoms with Gasteiger partial charge in [0.15, 0.2) is 0 Å². The van der Waals surface area contributed by atoms with Gasteiger partial charge in [-0.15, -0.1) is 0 Å². The molecule has 0 aromatic heterocycles. The third-order valence-corrected chi connectivity index (χ3v) is 3.20. The highest BCUT2D eigenvalue weighted by atomic mass is 16.5. The number of ether oxygens (including phenoxy) is 1. The molecule has 18 heavy (non-hydrogen) atoms. The van der Waals surface area contributed by atoms with Crippen molar-refractivity contribution in [1.82, 2.24) is 4.90 Å². The Kier molecular flexibility index (Phi) is 6.72. The van der Waals surface area contributed by atoms with Gasteiger partial charge in [0.2, 0.25) is 5.91 Å². The SMILES string of the molecule is CCCOCCC(=O)N(CC(=O)O)C1CCCC1. The molecule has 1 aliphatic rings. The summed E-state index contributed by atoms with van der Waals surface area (Å²) in [4.78, 5) is 24.4. The molecule has 1 amide bonds. The van der Waals surface area contributed by atoms with Crippen molar-refractivity contribution >= 4 is 11.9 Å². The molecule has 1 fully saturated rings. The van der Waals surface area contributed by atoms with Gasteiger partial charge in [0.25, 0.3) is 0 Å². The fourth-order valence-corrected chi connectivity index (χ4v) is 2.33. The minimum absolute atomic E-state index is 0.0968. The maximum atomic E-state index is 12.0. The van der Waals surface area contributed by atoms with Crippen LogP contribution in [0.5, 0.6) is 0 Å². The van der Waals surface area contributed by atoms with Crippen molar-refractivity contribution in [2.24, 2.45) is 0 Å². The minimum Gasteiger partial charge on any atom is -0.480 e. The zero-order valence-electron chi connectivity index (χ0n) is 11.1. The molecule has 0 aromatic carbocycles. The predicted molar refractivity (Wildman–Crippen MR) is 67.3 cm³/mol. The van der Waals surface area contributed by atoms with Crippen LogP contribution in [0.15, 0.2) is 0 Å². The van der Waals surface area contributed by atoms with Crippen LogP contribution < -0.4 is 0 Å². The summed E-state index contributed by atoms with van der Waals surface area (Å²) in [5, 5.41) is 8.88. The molecule has 5 heteroatoms. The summed E-state index contributed by atoms with van der Waals surface area (Å²) in [7, 11) is 0.